The molecule has 1 atom stereocenters. The number of hydrogen-bond acceptors (Lipinski definition) is 4. The van der Waals surface area contributed by atoms with Gasteiger partial charge in [-0.2, -0.15) is 8.42 Å². The van der Waals surface area contributed by atoms with E-state index in [1.165, 1.54) is 18.2 Å². The Kier molecular flexibility index (Phi) is 4.02. The van der Waals surface area contributed by atoms with Crippen LogP contribution in [0.15, 0.2) is 47.9 Å². The van der Waals surface area contributed by atoms with E-state index in [1.54, 1.807) is 18.2 Å². The van der Waals surface area contributed by atoms with Gasteiger partial charge in [0.15, 0.2) is 0 Å². The van der Waals surface area contributed by atoms with Gasteiger partial charge < -0.3 is 5.11 Å². The highest BCUT2D eigenvalue weighted by atomic mass is 32.2. The molecule has 1 aromatic rings. The Bertz CT molecular complexity index is 410. The van der Waals surface area contributed by atoms with E-state index in [0.29, 0.717) is 0 Å². The standard InChI is InChI=1S/C10H12O4S/c1-2-9(11)8-14-15(12,13)10-6-4-3-5-7-10/h2-7,9,11H,1,8H2. The first kappa shape index (κ1) is 11.9. The van der Waals surface area contributed by atoms with Crippen molar-refractivity contribution in [2.24, 2.45) is 0 Å². The molecule has 0 aliphatic carbocycles. The number of aliphatic hydroxyl groups excluding tert-OH is 1. The van der Waals surface area contributed by atoms with Gasteiger partial charge in [-0.3, -0.25) is 4.18 Å². The van der Waals surface area contributed by atoms with Crippen LogP contribution in [0.1, 0.15) is 0 Å². The lowest BCUT2D eigenvalue weighted by Gasteiger charge is -2.07. The van der Waals surface area contributed by atoms with Crippen molar-refractivity contribution in [3.05, 3.63) is 43.0 Å². The highest BCUT2D eigenvalue weighted by molar-refractivity contribution is 7.86. The normalized spacial score (nSPS) is 13.4. The summed E-state index contributed by atoms with van der Waals surface area (Å²) in [5.74, 6) is 0. The van der Waals surface area contributed by atoms with Gasteiger partial charge in [0.25, 0.3) is 10.1 Å². The maximum absolute atomic E-state index is 11.5. The number of hydrogen-bond donors (Lipinski definition) is 1. The van der Waals surface area contributed by atoms with Crippen molar-refractivity contribution in [2.45, 2.75) is 11.0 Å². The summed E-state index contributed by atoms with van der Waals surface area (Å²) in [6.45, 7) is 2.99. The third-order valence-electron chi connectivity index (χ3n) is 1.70. The van der Waals surface area contributed by atoms with Crippen molar-refractivity contribution < 1.29 is 17.7 Å². The van der Waals surface area contributed by atoms with Gasteiger partial charge in [-0.15, -0.1) is 6.58 Å². The van der Waals surface area contributed by atoms with Gasteiger partial charge in [-0.05, 0) is 12.1 Å². The summed E-state index contributed by atoms with van der Waals surface area (Å²) < 4.78 is 27.6. The molecule has 0 saturated carbocycles. The van der Waals surface area contributed by atoms with Crippen molar-refractivity contribution in [3.63, 3.8) is 0 Å². The lowest BCUT2D eigenvalue weighted by Crippen LogP contribution is -2.16. The Morgan fingerprint density at radius 2 is 2.00 bits per heavy atom. The maximum Gasteiger partial charge on any atom is 0.297 e. The van der Waals surface area contributed by atoms with Gasteiger partial charge in [0.1, 0.15) is 0 Å². The van der Waals surface area contributed by atoms with Crippen molar-refractivity contribution in [1.29, 1.82) is 0 Å². The van der Waals surface area contributed by atoms with E-state index in [-0.39, 0.29) is 11.5 Å². The number of rotatable bonds is 5. The molecule has 15 heavy (non-hydrogen) atoms. The van der Waals surface area contributed by atoms with E-state index in [2.05, 4.69) is 10.8 Å². The zero-order chi connectivity index (χ0) is 11.3. The molecule has 0 heterocycles. The topological polar surface area (TPSA) is 63.6 Å². The third-order valence-corrected chi connectivity index (χ3v) is 2.99. The van der Waals surface area contributed by atoms with Crippen LogP contribution in [0.2, 0.25) is 0 Å². The Morgan fingerprint density at radius 1 is 1.40 bits per heavy atom. The molecular weight excluding hydrogens is 216 g/mol. The molecular formula is C10H12O4S. The van der Waals surface area contributed by atoms with Crippen molar-refractivity contribution in [1.82, 2.24) is 0 Å². The summed E-state index contributed by atoms with van der Waals surface area (Å²) in [4.78, 5) is 0.0706. The van der Waals surface area contributed by atoms with E-state index >= 15 is 0 Å². The van der Waals surface area contributed by atoms with Gasteiger partial charge in [0.2, 0.25) is 0 Å². The van der Waals surface area contributed by atoms with Crippen LogP contribution in [0.3, 0.4) is 0 Å². The zero-order valence-electron chi connectivity index (χ0n) is 8.04. The van der Waals surface area contributed by atoms with Crippen molar-refractivity contribution in [2.75, 3.05) is 6.61 Å². The fourth-order valence-corrected chi connectivity index (χ4v) is 1.83. The summed E-state index contributed by atoms with van der Waals surface area (Å²) >= 11 is 0. The number of benzene rings is 1. The smallest absolute Gasteiger partial charge is 0.297 e. The maximum atomic E-state index is 11.5. The van der Waals surface area contributed by atoms with Gasteiger partial charge in [0, 0.05) is 0 Å². The van der Waals surface area contributed by atoms with Crippen LogP contribution in [-0.2, 0) is 14.3 Å². The first-order valence-electron chi connectivity index (χ1n) is 4.31. The average Bonchev–Trinajstić information content (AvgIpc) is 2.27. The highest BCUT2D eigenvalue weighted by Gasteiger charge is 2.15. The molecule has 0 radical (unpaired) electrons. The minimum Gasteiger partial charge on any atom is -0.387 e. The van der Waals surface area contributed by atoms with Gasteiger partial charge >= 0.3 is 0 Å². The Balaban J connectivity index is 2.73. The Hall–Kier alpha value is -1.17. The largest absolute Gasteiger partial charge is 0.387 e. The molecule has 0 saturated heterocycles. The van der Waals surface area contributed by atoms with E-state index < -0.39 is 16.2 Å². The second-order valence-corrected chi connectivity index (χ2v) is 4.47. The summed E-state index contributed by atoms with van der Waals surface area (Å²) in [7, 11) is -3.77. The molecule has 0 aliphatic rings. The quantitative estimate of drug-likeness (QED) is 0.601. The molecule has 82 valence electrons. The van der Waals surface area contributed by atoms with Gasteiger partial charge in [0.05, 0.1) is 17.6 Å². The van der Waals surface area contributed by atoms with E-state index in [9.17, 15) is 8.42 Å². The molecule has 0 amide bonds. The molecule has 4 nitrogen and oxygen atoms in total. The summed E-state index contributed by atoms with van der Waals surface area (Å²) in [5.41, 5.74) is 0. The minimum atomic E-state index is -3.77. The van der Waals surface area contributed by atoms with Crippen molar-refractivity contribution >= 4 is 10.1 Å². The zero-order valence-corrected chi connectivity index (χ0v) is 8.85. The molecule has 0 fully saturated rings. The summed E-state index contributed by atoms with van der Waals surface area (Å²) in [6, 6.07) is 7.75. The summed E-state index contributed by atoms with van der Waals surface area (Å²) in [6.07, 6.45) is 0.226. The van der Waals surface area contributed by atoms with Crippen LogP contribution in [0.25, 0.3) is 0 Å². The predicted molar refractivity (Wildman–Crippen MR) is 55.8 cm³/mol. The number of aliphatic hydroxyl groups is 1. The molecule has 5 heteroatoms. The van der Waals surface area contributed by atoms with Crippen molar-refractivity contribution in [3.8, 4) is 0 Å². The fraction of sp³-hybridized carbons (Fsp3) is 0.200. The van der Waals surface area contributed by atoms with Crippen LogP contribution in [0.4, 0.5) is 0 Å². The molecule has 0 bridgehead atoms. The second kappa shape index (κ2) is 5.06. The van der Waals surface area contributed by atoms with Gasteiger partial charge in [-0.25, -0.2) is 0 Å². The average molecular weight is 228 g/mol. The monoisotopic (exact) mass is 228 g/mol. The van der Waals surface area contributed by atoms with Crippen LogP contribution in [-0.4, -0.2) is 26.2 Å². The SMILES string of the molecule is C=CC(O)COS(=O)(=O)c1ccccc1. The van der Waals surface area contributed by atoms with E-state index in [1.807, 2.05) is 0 Å². The van der Waals surface area contributed by atoms with Crippen LogP contribution >= 0.6 is 0 Å². The molecule has 0 spiro atoms. The van der Waals surface area contributed by atoms with Crippen LogP contribution in [0, 0.1) is 0 Å². The highest BCUT2D eigenvalue weighted by Crippen LogP contribution is 2.11. The molecule has 0 aliphatic heterocycles. The molecule has 1 unspecified atom stereocenters. The molecule has 0 aromatic heterocycles. The third kappa shape index (κ3) is 3.47. The summed E-state index contributed by atoms with van der Waals surface area (Å²) in [5, 5.41) is 9.06. The Morgan fingerprint density at radius 3 is 2.53 bits per heavy atom. The van der Waals surface area contributed by atoms with Crippen LogP contribution < -0.4 is 0 Å². The minimum absolute atomic E-state index is 0.0706. The predicted octanol–water partition coefficient (Wildman–Crippen LogP) is 0.939. The first-order chi connectivity index (χ1) is 7.06. The molecule has 1 N–H and O–H groups in total. The lowest BCUT2D eigenvalue weighted by atomic mass is 10.4. The van der Waals surface area contributed by atoms with Crippen LogP contribution in [0.5, 0.6) is 0 Å². The second-order valence-electron chi connectivity index (χ2n) is 2.85. The van der Waals surface area contributed by atoms with Gasteiger partial charge in [-0.1, -0.05) is 24.3 Å². The lowest BCUT2D eigenvalue weighted by molar-refractivity contribution is 0.148. The van der Waals surface area contributed by atoms with E-state index in [4.69, 9.17) is 5.11 Å². The first-order valence-corrected chi connectivity index (χ1v) is 5.72. The molecule has 1 rings (SSSR count). The Labute approximate surface area is 88.9 Å². The fourth-order valence-electron chi connectivity index (χ4n) is 0.883. The van der Waals surface area contributed by atoms with E-state index in [0.717, 1.165) is 0 Å². The molecule has 1 aromatic carbocycles.